The lowest BCUT2D eigenvalue weighted by atomic mass is 9.95. The van der Waals surface area contributed by atoms with E-state index in [-0.39, 0.29) is 17.8 Å². The van der Waals surface area contributed by atoms with E-state index in [0.717, 1.165) is 5.56 Å². The number of Topliss-reactive ketones (excluding diaryl/α,β-unsaturated/α-hetero) is 1. The number of rotatable bonds is 4. The third-order valence-corrected chi connectivity index (χ3v) is 4.69. The average Bonchev–Trinajstić information content (AvgIpc) is 2.89. The SMILES string of the molecule is CCC(=O)C1=C(O)C(=O)N(c2ccc(C)c(Cl)c2)C1c1ccncc1. The fourth-order valence-corrected chi connectivity index (χ4v) is 3.11. The molecular formula is C19H17ClN2O3. The van der Waals surface area contributed by atoms with Crippen LogP contribution in [0.15, 0.2) is 54.1 Å². The van der Waals surface area contributed by atoms with E-state index in [9.17, 15) is 14.7 Å². The summed E-state index contributed by atoms with van der Waals surface area (Å²) in [7, 11) is 0. The van der Waals surface area contributed by atoms with Crippen LogP contribution in [0, 0.1) is 6.92 Å². The van der Waals surface area contributed by atoms with Crippen molar-refractivity contribution in [3.05, 3.63) is 70.2 Å². The minimum Gasteiger partial charge on any atom is -0.503 e. The van der Waals surface area contributed by atoms with Crippen molar-refractivity contribution in [2.75, 3.05) is 4.90 Å². The minimum absolute atomic E-state index is 0.107. The Balaban J connectivity index is 2.18. The number of carbonyl (C=O) groups excluding carboxylic acids is 2. The van der Waals surface area contributed by atoms with Crippen LogP contribution >= 0.6 is 11.6 Å². The fraction of sp³-hybridized carbons (Fsp3) is 0.211. The van der Waals surface area contributed by atoms with Gasteiger partial charge in [0.2, 0.25) is 0 Å². The molecule has 0 bridgehead atoms. The van der Waals surface area contributed by atoms with Crippen LogP contribution in [0.5, 0.6) is 0 Å². The highest BCUT2D eigenvalue weighted by molar-refractivity contribution is 6.31. The molecule has 1 unspecified atom stereocenters. The first kappa shape index (κ1) is 17.2. The summed E-state index contributed by atoms with van der Waals surface area (Å²) in [5, 5.41) is 10.9. The Bertz CT molecular complexity index is 877. The first-order valence-corrected chi connectivity index (χ1v) is 8.29. The van der Waals surface area contributed by atoms with E-state index in [2.05, 4.69) is 4.98 Å². The lowest BCUT2D eigenvalue weighted by Crippen LogP contribution is -2.31. The molecule has 6 heteroatoms. The summed E-state index contributed by atoms with van der Waals surface area (Å²) in [5.74, 6) is -1.39. The van der Waals surface area contributed by atoms with Gasteiger partial charge in [-0.25, -0.2) is 0 Å². The molecule has 2 aromatic rings. The standard InChI is InChI=1S/C19H17ClN2O3/c1-3-15(23)16-17(12-6-8-21-9-7-12)22(19(25)18(16)24)13-5-4-11(2)14(20)10-13/h4-10,17,24H,3H2,1-2H3. The Hall–Kier alpha value is -2.66. The van der Waals surface area contributed by atoms with E-state index in [1.807, 2.05) is 6.92 Å². The van der Waals surface area contributed by atoms with Gasteiger partial charge in [0.05, 0.1) is 11.6 Å². The molecule has 0 saturated heterocycles. The Labute approximate surface area is 150 Å². The molecule has 128 valence electrons. The monoisotopic (exact) mass is 356 g/mol. The number of carbonyl (C=O) groups is 2. The fourth-order valence-electron chi connectivity index (χ4n) is 2.94. The second-order valence-electron chi connectivity index (χ2n) is 5.83. The van der Waals surface area contributed by atoms with Crippen LogP contribution < -0.4 is 4.90 Å². The zero-order valence-electron chi connectivity index (χ0n) is 13.9. The first-order valence-electron chi connectivity index (χ1n) is 7.91. The van der Waals surface area contributed by atoms with E-state index in [1.165, 1.54) is 4.90 Å². The second-order valence-corrected chi connectivity index (χ2v) is 6.24. The predicted octanol–water partition coefficient (Wildman–Crippen LogP) is 3.92. The van der Waals surface area contributed by atoms with Gasteiger partial charge >= 0.3 is 0 Å². The maximum absolute atomic E-state index is 12.7. The van der Waals surface area contributed by atoms with Gasteiger partial charge in [-0.2, -0.15) is 0 Å². The third-order valence-electron chi connectivity index (χ3n) is 4.29. The van der Waals surface area contributed by atoms with E-state index in [4.69, 9.17) is 11.6 Å². The zero-order chi connectivity index (χ0) is 18.1. The van der Waals surface area contributed by atoms with Crippen LogP contribution in [0.25, 0.3) is 0 Å². The summed E-state index contributed by atoms with van der Waals surface area (Å²) >= 11 is 6.21. The summed E-state index contributed by atoms with van der Waals surface area (Å²) in [6, 6.07) is 7.95. The number of hydrogen-bond donors (Lipinski definition) is 1. The molecule has 1 amide bonds. The number of anilines is 1. The number of amides is 1. The molecule has 1 aromatic heterocycles. The topological polar surface area (TPSA) is 70.5 Å². The summed E-state index contributed by atoms with van der Waals surface area (Å²) in [6.07, 6.45) is 3.36. The molecular weight excluding hydrogens is 340 g/mol. The summed E-state index contributed by atoms with van der Waals surface area (Å²) in [4.78, 5) is 30.5. The van der Waals surface area contributed by atoms with Crippen molar-refractivity contribution in [1.82, 2.24) is 4.98 Å². The molecule has 1 aromatic carbocycles. The van der Waals surface area contributed by atoms with Gasteiger partial charge in [0.15, 0.2) is 11.5 Å². The largest absolute Gasteiger partial charge is 0.503 e. The molecule has 0 radical (unpaired) electrons. The van der Waals surface area contributed by atoms with Gasteiger partial charge in [-0.05, 0) is 42.3 Å². The summed E-state index contributed by atoms with van der Waals surface area (Å²) < 4.78 is 0. The van der Waals surface area contributed by atoms with Crippen LogP contribution in [0.1, 0.15) is 30.5 Å². The van der Waals surface area contributed by atoms with E-state index < -0.39 is 17.7 Å². The first-order chi connectivity index (χ1) is 12.0. The van der Waals surface area contributed by atoms with Crippen LogP contribution in [0.4, 0.5) is 5.69 Å². The van der Waals surface area contributed by atoms with Gasteiger partial charge in [-0.3, -0.25) is 19.5 Å². The van der Waals surface area contributed by atoms with Crippen molar-refractivity contribution in [1.29, 1.82) is 0 Å². The van der Waals surface area contributed by atoms with Crippen LogP contribution in [-0.2, 0) is 9.59 Å². The predicted molar refractivity (Wildman–Crippen MR) is 95.6 cm³/mol. The maximum atomic E-state index is 12.7. The van der Waals surface area contributed by atoms with Crippen molar-refractivity contribution < 1.29 is 14.7 Å². The Morgan fingerprint density at radius 3 is 2.56 bits per heavy atom. The van der Waals surface area contributed by atoms with Crippen molar-refractivity contribution in [3.63, 3.8) is 0 Å². The highest BCUT2D eigenvalue weighted by Gasteiger charge is 2.43. The van der Waals surface area contributed by atoms with Crippen LogP contribution in [0.2, 0.25) is 5.02 Å². The number of nitrogens with zero attached hydrogens (tertiary/aromatic N) is 2. The molecule has 1 atom stereocenters. The zero-order valence-corrected chi connectivity index (χ0v) is 14.6. The minimum atomic E-state index is -0.707. The number of hydrogen-bond acceptors (Lipinski definition) is 4. The number of benzene rings is 1. The van der Waals surface area contributed by atoms with Crippen molar-refractivity contribution in [2.45, 2.75) is 26.3 Å². The summed E-state index contributed by atoms with van der Waals surface area (Å²) in [5.41, 5.74) is 2.20. The Morgan fingerprint density at radius 1 is 1.28 bits per heavy atom. The third kappa shape index (κ3) is 2.91. The molecule has 1 aliphatic heterocycles. The highest BCUT2D eigenvalue weighted by atomic mass is 35.5. The quantitative estimate of drug-likeness (QED) is 0.901. The van der Waals surface area contributed by atoms with Gasteiger partial charge in [0.1, 0.15) is 0 Å². The number of halogens is 1. The van der Waals surface area contributed by atoms with E-state index in [0.29, 0.717) is 16.3 Å². The molecule has 1 N–H and O–H groups in total. The molecule has 2 heterocycles. The molecule has 0 saturated carbocycles. The molecule has 1 aliphatic rings. The van der Waals surface area contributed by atoms with E-state index >= 15 is 0 Å². The molecule has 0 spiro atoms. The number of aromatic nitrogens is 1. The normalized spacial score (nSPS) is 17.3. The van der Waals surface area contributed by atoms with Crippen molar-refractivity contribution in [3.8, 4) is 0 Å². The van der Waals surface area contributed by atoms with E-state index in [1.54, 1.807) is 49.6 Å². The Morgan fingerprint density at radius 2 is 1.96 bits per heavy atom. The molecule has 25 heavy (non-hydrogen) atoms. The lowest BCUT2D eigenvalue weighted by Gasteiger charge is -2.27. The average molecular weight is 357 g/mol. The van der Waals surface area contributed by atoms with Crippen LogP contribution in [0.3, 0.4) is 0 Å². The number of pyridine rings is 1. The van der Waals surface area contributed by atoms with Gasteiger partial charge in [0.25, 0.3) is 5.91 Å². The van der Waals surface area contributed by atoms with Crippen molar-refractivity contribution >= 4 is 29.0 Å². The number of aliphatic hydroxyl groups is 1. The van der Waals surface area contributed by atoms with Gasteiger partial charge in [-0.1, -0.05) is 24.6 Å². The molecule has 0 aliphatic carbocycles. The molecule has 5 nitrogen and oxygen atoms in total. The van der Waals surface area contributed by atoms with Gasteiger partial charge < -0.3 is 5.11 Å². The lowest BCUT2D eigenvalue weighted by molar-refractivity contribution is -0.118. The van der Waals surface area contributed by atoms with Crippen LogP contribution in [-0.4, -0.2) is 21.8 Å². The summed E-state index contributed by atoms with van der Waals surface area (Å²) in [6.45, 7) is 3.56. The second kappa shape index (κ2) is 6.69. The number of ketones is 1. The van der Waals surface area contributed by atoms with Crippen molar-refractivity contribution in [2.24, 2.45) is 0 Å². The number of aliphatic hydroxyl groups excluding tert-OH is 1. The smallest absolute Gasteiger partial charge is 0.294 e. The van der Waals surface area contributed by atoms with Gasteiger partial charge in [-0.15, -0.1) is 0 Å². The number of aryl methyl sites for hydroxylation is 1. The Kier molecular flexibility index (Phi) is 4.59. The van der Waals surface area contributed by atoms with Gasteiger partial charge in [0, 0.05) is 29.5 Å². The maximum Gasteiger partial charge on any atom is 0.294 e. The molecule has 0 fully saturated rings. The highest BCUT2D eigenvalue weighted by Crippen LogP contribution is 2.41. The molecule has 3 rings (SSSR count).